The third-order valence-corrected chi connectivity index (χ3v) is 5.74. The predicted octanol–water partition coefficient (Wildman–Crippen LogP) is 5.13. The van der Waals surface area contributed by atoms with E-state index < -0.39 is 10.8 Å². The lowest BCUT2D eigenvalue weighted by Crippen LogP contribution is -2.49. The van der Waals surface area contributed by atoms with Crippen LogP contribution >= 0.6 is 0 Å². The summed E-state index contributed by atoms with van der Waals surface area (Å²) in [5.41, 5.74) is 2.15. The number of nitrogens with zero attached hydrogens (tertiary/aromatic N) is 3. The minimum absolute atomic E-state index is 0.119. The maximum atomic E-state index is 14.0. The molecular weight excluding hydrogens is 439 g/mol. The monoisotopic (exact) mass is 462 g/mol. The quantitative estimate of drug-likeness (QED) is 0.406. The van der Waals surface area contributed by atoms with Gasteiger partial charge in [-0.05, 0) is 49.7 Å². The van der Waals surface area contributed by atoms with Gasteiger partial charge in [0.05, 0.1) is 11.5 Å². The number of urea groups is 1. The molecule has 1 aliphatic rings. The Morgan fingerprint density at radius 3 is 2.53 bits per heavy atom. The van der Waals surface area contributed by atoms with Crippen molar-refractivity contribution >= 4 is 29.0 Å². The molecule has 1 fully saturated rings. The molecule has 4 rings (SSSR count). The van der Waals surface area contributed by atoms with Crippen LogP contribution in [0.15, 0.2) is 66.7 Å². The van der Waals surface area contributed by atoms with E-state index in [4.69, 9.17) is 0 Å². The molecule has 174 valence electrons. The molecular formula is C25H23FN4O4. The van der Waals surface area contributed by atoms with E-state index >= 15 is 0 Å². The number of hydrogen-bond acceptors (Lipinski definition) is 4. The van der Waals surface area contributed by atoms with Crippen molar-refractivity contribution in [2.75, 3.05) is 23.3 Å². The van der Waals surface area contributed by atoms with Crippen molar-refractivity contribution in [3.63, 3.8) is 0 Å². The molecule has 0 aliphatic carbocycles. The second kappa shape index (κ2) is 9.70. The molecule has 0 spiro atoms. The van der Waals surface area contributed by atoms with Gasteiger partial charge in [0.25, 0.3) is 11.6 Å². The van der Waals surface area contributed by atoms with Gasteiger partial charge in [0, 0.05) is 47.2 Å². The maximum Gasteiger partial charge on any atom is 0.324 e. The second-order valence-electron chi connectivity index (χ2n) is 8.06. The molecule has 1 heterocycles. The smallest absolute Gasteiger partial charge is 0.322 e. The van der Waals surface area contributed by atoms with Crippen molar-refractivity contribution in [2.24, 2.45) is 0 Å². The Labute approximate surface area is 195 Å². The first-order chi connectivity index (χ1) is 16.3. The Morgan fingerprint density at radius 2 is 1.82 bits per heavy atom. The summed E-state index contributed by atoms with van der Waals surface area (Å²) in [4.78, 5) is 39.4. The van der Waals surface area contributed by atoms with Crippen LogP contribution in [0.5, 0.6) is 0 Å². The maximum absolute atomic E-state index is 14.0. The fraction of sp³-hybridized carbons (Fsp3) is 0.200. The van der Waals surface area contributed by atoms with Crippen molar-refractivity contribution in [2.45, 2.75) is 19.9 Å². The first-order valence-electron chi connectivity index (χ1n) is 10.8. The molecule has 0 bridgehead atoms. The van der Waals surface area contributed by atoms with E-state index in [9.17, 15) is 24.1 Å². The van der Waals surface area contributed by atoms with Crippen LogP contribution in [0, 0.1) is 22.9 Å². The summed E-state index contributed by atoms with van der Waals surface area (Å²) in [6, 6.07) is 17.3. The molecule has 0 unspecified atom stereocenters. The summed E-state index contributed by atoms with van der Waals surface area (Å²) in [6.07, 6.45) is 0.741. The van der Waals surface area contributed by atoms with Gasteiger partial charge < -0.3 is 10.2 Å². The Balaban J connectivity index is 1.44. The molecule has 0 atom stereocenters. The minimum atomic E-state index is -0.522. The highest BCUT2D eigenvalue weighted by molar-refractivity contribution is 6.05. The Morgan fingerprint density at radius 1 is 1.09 bits per heavy atom. The largest absolute Gasteiger partial charge is 0.324 e. The molecule has 3 amide bonds. The first-order valence-corrected chi connectivity index (χ1v) is 10.8. The third kappa shape index (κ3) is 4.88. The highest BCUT2D eigenvalue weighted by Gasteiger charge is 2.27. The van der Waals surface area contributed by atoms with Gasteiger partial charge in [-0.1, -0.05) is 24.3 Å². The zero-order valence-electron chi connectivity index (χ0n) is 18.5. The predicted molar refractivity (Wildman–Crippen MR) is 126 cm³/mol. The van der Waals surface area contributed by atoms with E-state index in [0.717, 1.165) is 6.42 Å². The molecule has 3 aromatic rings. The number of nitro benzene ring substituents is 1. The lowest BCUT2D eigenvalue weighted by Gasteiger charge is -2.35. The van der Waals surface area contributed by atoms with Crippen molar-refractivity contribution in [1.29, 1.82) is 0 Å². The summed E-state index contributed by atoms with van der Waals surface area (Å²) in [7, 11) is 0. The number of amides is 3. The fourth-order valence-electron chi connectivity index (χ4n) is 3.88. The highest BCUT2D eigenvalue weighted by Crippen LogP contribution is 2.25. The van der Waals surface area contributed by atoms with Gasteiger partial charge in [0.2, 0.25) is 0 Å². The number of halogens is 1. The van der Waals surface area contributed by atoms with Gasteiger partial charge in [0.1, 0.15) is 5.82 Å². The molecule has 1 N–H and O–H groups in total. The molecule has 1 aliphatic heterocycles. The summed E-state index contributed by atoms with van der Waals surface area (Å²) in [5, 5.41) is 13.8. The van der Waals surface area contributed by atoms with Crippen LogP contribution in [0.1, 0.15) is 27.9 Å². The molecule has 34 heavy (non-hydrogen) atoms. The molecule has 8 nitrogen and oxygen atoms in total. The fourth-order valence-corrected chi connectivity index (χ4v) is 3.88. The van der Waals surface area contributed by atoms with E-state index in [2.05, 4.69) is 5.32 Å². The zero-order chi connectivity index (χ0) is 24.2. The molecule has 3 aromatic carbocycles. The number of carbonyl (C=O) groups excluding carboxylic acids is 2. The zero-order valence-corrected chi connectivity index (χ0v) is 18.5. The summed E-state index contributed by atoms with van der Waals surface area (Å²) in [6.45, 7) is 2.88. The van der Waals surface area contributed by atoms with Crippen molar-refractivity contribution < 1.29 is 18.9 Å². The van der Waals surface area contributed by atoms with Gasteiger partial charge >= 0.3 is 6.03 Å². The second-order valence-corrected chi connectivity index (χ2v) is 8.06. The van der Waals surface area contributed by atoms with Crippen LogP contribution in [0.3, 0.4) is 0 Å². The minimum Gasteiger partial charge on any atom is -0.322 e. The van der Waals surface area contributed by atoms with Crippen molar-refractivity contribution in [3.8, 4) is 0 Å². The van der Waals surface area contributed by atoms with E-state index in [1.165, 1.54) is 24.3 Å². The Hall–Kier alpha value is -4.27. The van der Waals surface area contributed by atoms with Gasteiger partial charge in [-0.25, -0.2) is 9.18 Å². The van der Waals surface area contributed by atoms with Gasteiger partial charge in [-0.3, -0.25) is 19.8 Å². The van der Waals surface area contributed by atoms with Crippen molar-refractivity contribution in [3.05, 3.63) is 99.4 Å². The van der Waals surface area contributed by atoms with Crippen LogP contribution in [0.25, 0.3) is 0 Å². The number of benzene rings is 3. The highest BCUT2D eigenvalue weighted by atomic mass is 19.1. The average Bonchev–Trinajstić information content (AvgIpc) is 2.82. The topological polar surface area (TPSA) is 95.8 Å². The Bertz CT molecular complexity index is 1250. The number of carbonyl (C=O) groups is 2. The molecule has 0 saturated carbocycles. The third-order valence-electron chi connectivity index (χ3n) is 5.74. The molecule has 9 heteroatoms. The molecule has 0 aromatic heterocycles. The summed E-state index contributed by atoms with van der Waals surface area (Å²) in [5.74, 6) is -0.813. The average molecular weight is 462 g/mol. The van der Waals surface area contributed by atoms with Crippen LogP contribution in [0.4, 0.5) is 26.2 Å². The lowest BCUT2D eigenvalue weighted by atomic mass is 10.1. The standard InChI is InChI=1S/C25H23FN4O4/c1-17-7-8-18(15-23(17)30(33)34)24(31)27-20-9-11-21(12-10-20)29-14-4-13-28(25(29)32)16-19-5-2-3-6-22(19)26/h2-3,5-12,15H,4,13-14,16H2,1H3,(H,27,31). The molecule has 0 radical (unpaired) electrons. The summed E-state index contributed by atoms with van der Waals surface area (Å²) >= 11 is 0. The summed E-state index contributed by atoms with van der Waals surface area (Å²) < 4.78 is 14.0. The van der Waals surface area contributed by atoms with Gasteiger partial charge in [0.15, 0.2) is 0 Å². The van der Waals surface area contributed by atoms with E-state index in [1.54, 1.807) is 59.2 Å². The SMILES string of the molecule is Cc1ccc(C(=O)Nc2ccc(N3CCCN(Cc4ccccc4F)C3=O)cc2)cc1[N+](=O)[O-]. The molecule has 1 saturated heterocycles. The normalized spacial score (nSPS) is 13.6. The number of nitro groups is 1. The van der Waals surface area contributed by atoms with Crippen LogP contribution in [0.2, 0.25) is 0 Å². The van der Waals surface area contributed by atoms with E-state index in [-0.39, 0.29) is 29.6 Å². The number of hydrogen-bond donors (Lipinski definition) is 1. The Kier molecular flexibility index (Phi) is 6.53. The van der Waals surface area contributed by atoms with Crippen molar-refractivity contribution in [1.82, 2.24) is 4.90 Å². The van der Waals surface area contributed by atoms with Gasteiger partial charge in [-0.2, -0.15) is 0 Å². The lowest BCUT2D eigenvalue weighted by molar-refractivity contribution is -0.385. The van der Waals surface area contributed by atoms with Crippen LogP contribution in [-0.4, -0.2) is 34.9 Å². The van der Waals surface area contributed by atoms with Crippen LogP contribution in [-0.2, 0) is 6.54 Å². The number of anilines is 2. The van der Waals surface area contributed by atoms with E-state index in [0.29, 0.717) is 35.6 Å². The number of nitrogens with one attached hydrogen (secondary N) is 1. The number of rotatable bonds is 6. The van der Waals surface area contributed by atoms with Crippen LogP contribution < -0.4 is 10.2 Å². The number of aryl methyl sites for hydroxylation is 1. The van der Waals surface area contributed by atoms with E-state index in [1.807, 2.05) is 0 Å². The van der Waals surface area contributed by atoms with Gasteiger partial charge in [-0.15, -0.1) is 0 Å². The first kappa shape index (κ1) is 22.9.